The fraction of sp³-hybridized carbons (Fsp3) is 0.778. The van der Waals surface area contributed by atoms with Crippen LogP contribution < -0.4 is 5.32 Å². The fourth-order valence-corrected chi connectivity index (χ4v) is 0.550. The van der Waals surface area contributed by atoms with Crippen LogP contribution in [-0.4, -0.2) is 32.3 Å². The minimum atomic E-state index is -0.606. The van der Waals surface area contributed by atoms with E-state index in [4.69, 9.17) is 4.74 Å². The van der Waals surface area contributed by atoms with Gasteiger partial charge in [-0.25, -0.2) is 4.79 Å². The maximum Gasteiger partial charge on any atom is 0.407 e. The first kappa shape index (κ1) is 12.7. The van der Waals surface area contributed by atoms with Crippen LogP contribution in [0.15, 0.2) is 0 Å². The van der Waals surface area contributed by atoms with E-state index < -0.39 is 12.1 Å². The van der Waals surface area contributed by atoms with Crippen LogP contribution in [-0.2, 0) is 14.3 Å². The van der Waals surface area contributed by atoms with Gasteiger partial charge in [0.15, 0.2) is 0 Å². The standard InChI is InChI=1S/C9H17NO4/c1-9(2,3)6-14-8(12)10-5-7(11)13-4/h5-6H2,1-4H3,(H,10,12). The van der Waals surface area contributed by atoms with Crippen LogP contribution in [0.1, 0.15) is 20.8 Å². The Balaban J connectivity index is 3.62. The van der Waals surface area contributed by atoms with Gasteiger partial charge in [-0.05, 0) is 5.41 Å². The third-order valence-electron chi connectivity index (χ3n) is 1.24. The van der Waals surface area contributed by atoms with Gasteiger partial charge in [-0.15, -0.1) is 0 Å². The zero-order chi connectivity index (χ0) is 11.2. The Labute approximate surface area is 83.8 Å². The van der Waals surface area contributed by atoms with Crippen molar-refractivity contribution in [2.75, 3.05) is 20.3 Å². The third-order valence-corrected chi connectivity index (χ3v) is 1.24. The monoisotopic (exact) mass is 203 g/mol. The van der Waals surface area contributed by atoms with Gasteiger partial charge in [-0.1, -0.05) is 20.8 Å². The van der Waals surface area contributed by atoms with Crippen molar-refractivity contribution in [3.8, 4) is 0 Å². The average Bonchev–Trinajstić information content (AvgIpc) is 2.09. The summed E-state index contributed by atoms with van der Waals surface area (Å²) < 4.78 is 9.18. The summed E-state index contributed by atoms with van der Waals surface area (Å²) in [5.74, 6) is -0.502. The third kappa shape index (κ3) is 7.39. The first-order valence-corrected chi connectivity index (χ1v) is 4.32. The molecule has 0 aromatic rings. The Kier molecular flexibility index (Phi) is 4.97. The van der Waals surface area contributed by atoms with Crippen molar-refractivity contribution in [3.63, 3.8) is 0 Å². The number of ether oxygens (including phenoxy) is 2. The normalized spacial score (nSPS) is 10.6. The van der Waals surface area contributed by atoms with E-state index in [0.29, 0.717) is 6.61 Å². The van der Waals surface area contributed by atoms with Gasteiger partial charge in [0, 0.05) is 0 Å². The van der Waals surface area contributed by atoms with Gasteiger partial charge >= 0.3 is 12.1 Å². The number of nitrogens with one attached hydrogen (secondary N) is 1. The fourth-order valence-electron chi connectivity index (χ4n) is 0.550. The molecule has 0 aromatic carbocycles. The van der Waals surface area contributed by atoms with Crippen LogP contribution in [0.2, 0.25) is 0 Å². The highest BCUT2D eigenvalue weighted by atomic mass is 16.6. The van der Waals surface area contributed by atoms with Gasteiger partial charge in [0.25, 0.3) is 0 Å². The molecule has 1 amide bonds. The molecule has 0 saturated heterocycles. The lowest BCUT2D eigenvalue weighted by Crippen LogP contribution is -2.32. The highest BCUT2D eigenvalue weighted by Gasteiger charge is 2.13. The minimum Gasteiger partial charge on any atom is -0.468 e. The van der Waals surface area contributed by atoms with Crippen LogP contribution in [0.4, 0.5) is 4.79 Å². The Morgan fingerprint density at radius 3 is 2.29 bits per heavy atom. The number of carbonyl (C=O) groups is 2. The SMILES string of the molecule is COC(=O)CNC(=O)OCC(C)(C)C. The Morgan fingerprint density at radius 2 is 1.86 bits per heavy atom. The molecule has 0 atom stereocenters. The summed E-state index contributed by atoms with van der Waals surface area (Å²) in [7, 11) is 1.25. The zero-order valence-corrected chi connectivity index (χ0v) is 9.05. The van der Waals surface area contributed by atoms with Gasteiger partial charge in [0.2, 0.25) is 0 Å². The summed E-state index contributed by atoms with van der Waals surface area (Å²) in [5, 5.41) is 2.27. The van der Waals surface area contributed by atoms with Crippen LogP contribution in [0.3, 0.4) is 0 Å². The van der Waals surface area contributed by atoms with Crippen molar-refractivity contribution in [1.82, 2.24) is 5.32 Å². The zero-order valence-electron chi connectivity index (χ0n) is 9.05. The Bertz CT molecular complexity index is 207. The van der Waals surface area contributed by atoms with Gasteiger partial charge in [-0.2, -0.15) is 0 Å². The molecule has 0 fully saturated rings. The minimum absolute atomic E-state index is 0.0807. The summed E-state index contributed by atoms with van der Waals surface area (Å²) in [4.78, 5) is 21.6. The molecule has 0 spiro atoms. The molecule has 0 saturated carbocycles. The highest BCUT2D eigenvalue weighted by Crippen LogP contribution is 2.12. The molecule has 0 radical (unpaired) electrons. The second-order valence-electron chi connectivity index (χ2n) is 4.07. The van der Waals surface area contributed by atoms with Gasteiger partial charge in [-0.3, -0.25) is 4.79 Å². The molecule has 0 rings (SSSR count). The summed E-state index contributed by atoms with van der Waals surface area (Å²) in [6.45, 7) is 5.97. The Morgan fingerprint density at radius 1 is 1.29 bits per heavy atom. The van der Waals surface area contributed by atoms with E-state index in [-0.39, 0.29) is 12.0 Å². The van der Waals surface area contributed by atoms with Crippen molar-refractivity contribution in [2.24, 2.45) is 5.41 Å². The molecule has 5 nitrogen and oxygen atoms in total. The molecular formula is C9H17NO4. The largest absolute Gasteiger partial charge is 0.468 e. The lowest BCUT2D eigenvalue weighted by Gasteiger charge is -2.17. The average molecular weight is 203 g/mol. The van der Waals surface area contributed by atoms with Crippen molar-refractivity contribution in [2.45, 2.75) is 20.8 Å². The summed E-state index contributed by atoms with van der Waals surface area (Å²) in [5.41, 5.74) is -0.0807. The summed E-state index contributed by atoms with van der Waals surface area (Å²) >= 11 is 0. The molecule has 0 bridgehead atoms. The summed E-state index contributed by atoms with van der Waals surface area (Å²) in [6.07, 6.45) is -0.606. The molecule has 0 heterocycles. The molecule has 0 aromatic heterocycles. The number of rotatable bonds is 3. The second-order valence-corrected chi connectivity index (χ2v) is 4.07. The molecule has 0 aliphatic rings. The van der Waals surface area contributed by atoms with E-state index in [2.05, 4.69) is 10.1 Å². The van der Waals surface area contributed by atoms with Crippen LogP contribution in [0.5, 0.6) is 0 Å². The smallest absolute Gasteiger partial charge is 0.407 e. The number of methoxy groups -OCH3 is 1. The van der Waals surface area contributed by atoms with E-state index >= 15 is 0 Å². The lowest BCUT2D eigenvalue weighted by atomic mass is 9.99. The molecule has 0 unspecified atom stereocenters. The lowest BCUT2D eigenvalue weighted by molar-refractivity contribution is -0.139. The van der Waals surface area contributed by atoms with Gasteiger partial charge < -0.3 is 14.8 Å². The predicted octanol–water partition coefficient (Wildman–Crippen LogP) is 0.932. The summed E-state index contributed by atoms with van der Waals surface area (Å²) in [6, 6.07) is 0. The molecular weight excluding hydrogens is 186 g/mol. The highest BCUT2D eigenvalue weighted by molar-refractivity contribution is 5.77. The van der Waals surface area contributed by atoms with Crippen molar-refractivity contribution >= 4 is 12.1 Å². The first-order valence-electron chi connectivity index (χ1n) is 4.32. The van der Waals surface area contributed by atoms with E-state index in [9.17, 15) is 9.59 Å². The number of amides is 1. The quantitative estimate of drug-likeness (QED) is 0.693. The van der Waals surface area contributed by atoms with E-state index in [1.165, 1.54) is 7.11 Å². The van der Waals surface area contributed by atoms with E-state index in [1.807, 2.05) is 20.8 Å². The maximum atomic E-state index is 11.0. The van der Waals surface area contributed by atoms with Gasteiger partial charge in [0.05, 0.1) is 13.7 Å². The number of carbonyl (C=O) groups excluding carboxylic acids is 2. The number of esters is 1. The van der Waals surface area contributed by atoms with Crippen LogP contribution in [0.25, 0.3) is 0 Å². The molecule has 0 aliphatic heterocycles. The number of hydrogen-bond donors (Lipinski definition) is 1. The number of alkyl carbamates (subject to hydrolysis) is 1. The molecule has 14 heavy (non-hydrogen) atoms. The maximum absolute atomic E-state index is 11.0. The predicted molar refractivity (Wildman–Crippen MR) is 50.8 cm³/mol. The van der Waals surface area contributed by atoms with Crippen LogP contribution >= 0.6 is 0 Å². The second kappa shape index (κ2) is 5.47. The molecule has 1 N–H and O–H groups in total. The Hall–Kier alpha value is -1.26. The first-order chi connectivity index (χ1) is 6.35. The van der Waals surface area contributed by atoms with Gasteiger partial charge in [0.1, 0.15) is 6.54 Å². The van der Waals surface area contributed by atoms with E-state index in [0.717, 1.165) is 0 Å². The molecule has 5 heteroatoms. The van der Waals surface area contributed by atoms with Crippen molar-refractivity contribution in [1.29, 1.82) is 0 Å². The molecule has 0 aliphatic carbocycles. The number of hydrogen-bond acceptors (Lipinski definition) is 4. The topological polar surface area (TPSA) is 64.6 Å². The van der Waals surface area contributed by atoms with Crippen molar-refractivity contribution in [3.05, 3.63) is 0 Å². The van der Waals surface area contributed by atoms with Crippen molar-refractivity contribution < 1.29 is 19.1 Å². The van der Waals surface area contributed by atoms with Crippen LogP contribution in [0, 0.1) is 5.41 Å². The molecule has 82 valence electrons. The van der Waals surface area contributed by atoms with E-state index in [1.54, 1.807) is 0 Å².